The Hall–Kier alpha value is -3.48. The molecule has 0 spiro atoms. The maximum absolute atomic E-state index is 14.6. The molecule has 0 saturated carbocycles. The Labute approximate surface area is 194 Å². The van der Waals surface area contributed by atoms with Crippen LogP contribution >= 0.6 is 11.3 Å². The van der Waals surface area contributed by atoms with Crippen molar-refractivity contribution in [2.24, 2.45) is 5.10 Å². The summed E-state index contributed by atoms with van der Waals surface area (Å²) in [6.07, 6.45) is 6.32. The number of aromatic nitrogens is 6. The van der Waals surface area contributed by atoms with E-state index >= 15 is 0 Å². The summed E-state index contributed by atoms with van der Waals surface area (Å²) in [6, 6.07) is 0.0871. The molecular formula is C20H25FN10OS. The smallest absolute Gasteiger partial charge is 0.227 e. The zero-order valence-electron chi connectivity index (χ0n) is 18.6. The van der Waals surface area contributed by atoms with Crippen LogP contribution in [0.1, 0.15) is 34.0 Å². The van der Waals surface area contributed by atoms with E-state index in [0.29, 0.717) is 50.2 Å². The molecule has 3 aromatic rings. The van der Waals surface area contributed by atoms with Gasteiger partial charge in [-0.25, -0.2) is 19.3 Å². The van der Waals surface area contributed by atoms with E-state index in [1.807, 2.05) is 29.2 Å². The zero-order valence-corrected chi connectivity index (χ0v) is 19.5. The molecule has 3 aromatic heterocycles. The maximum Gasteiger partial charge on any atom is 0.227 e. The van der Waals surface area contributed by atoms with Crippen LogP contribution in [0.3, 0.4) is 0 Å². The van der Waals surface area contributed by atoms with Gasteiger partial charge in [0.15, 0.2) is 11.6 Å². The highest BCUT2D eigenvalue weighted by Gasteiger charge is 2.26. The first kappa shape index (κ1) is 22.7. The summed E-state index contributed by atoms with van der Waals surface area (Å²) in [5.41, 5.74) is 0. The summed E-state index contributed by atoms with van der Waals surface area (Å²) in [6.45, 7) is 7.43. The molecule has 1 atom stereocenters. The molecule has 0 radical (unpaired) electrons. The monoisotopic (exact) mass is 472 g/mol. The van der Waals surface area contributed by atoms with Gasteiger partial charge in [-0.15, -0.1) is 16.4 Å². The summed E-state index contributed by atoms with van der Waals surface area (Å²) in [5.74, 6) is 0.812. The van der Waals surface area contributed by atoms with E-state index in [1.165, 1.54) is 4.68 Å². The fourth-order valence-electron chi connectivity index (χ4n) is 3.59. The Kier molecular flexibility index (Phi) is 6.87. The standard InChI is InChI=1S/C20H25FN10OS/c1-13-10-23-19(33-13)17-4-5-25-30(17)9-8-29(7-6-22-12-32)20-24-11-16(21)18(27-20)31-15(3)26-14(2)28-31/h5,10-12,17H,4,6-9H2,1-3H3,(H,22,32)/t17-/m1/s1. The highest BCUT2D eigenvalue weighted by Crippen LogP contribution is 2.30. The third-order valence-corrected chi connectivity index (χ3v) is 6.14. The number of rotatable bonds is 10. The van der Waals surface area contributed by atoms with Crippen LogP contribution in [0.5, 0.6) is 0 Å². The molecule has 13 heteroatoms. The first-order valence-electron chi connectivity index (χ1n) is 10.5. The number of thiazole rings is 1. The molecule has 1 aliphatic rings. The van der Waals surface area contributed by atoms with Crippen molar-refractivity contribution in [1.82, 2.24) is 40.0 Å². The number of aryl methyl sites for hydroxylation is 3. The fraction of sp³-hybridized carbons (Fsp3) is 0.450. The number of amides is 1. The van der Waals surface area contributed by atoms with Crippen molar-refractivity contribution in [2.75, 3.05) is 31.1 Å². The largest absolute Gasteiger partial charge is 0.357 e. The summed E-state index contributed by atoms with van der Waals surface area (Å²) < 4.78 is 15.9. The molecule has 0 unspecified atom stereocenters. The Morgan fingerprint density at radius 2 is 2.09 bits per heavy atom. The van der Waals surface area contributed by atoms with Crippen molar-refractivity contribution in [3.8, 4) is 5.82 Å². The topological polar surface area (TPSA) is 117 Å². The van der Waals surface area contributed by atoms with E-state index in [-0.39, 0.29) is 11.9 Å². The third-order valence-electron chi connectivity index (χ3n) is 5.12. The molecule has 1 aliphatic heterocycles. The lowest BCUT2D eigenvalue weighted by atomic mass is 10.2. The van der Waals surface area contributed by atoms with Crippen molar-refractivity contribution < 1.29 is 9.18 Å². The molecule has 1 amide bonds. The molecule has 0 fully saturated rings. The number of hydrogen-bond acceptors (Lipinski definition) is 10. The van der Waals surface area contributed by atoms with Crippen molar-refractivity contribution in [1.29, 1.82) is 0 Å². The van der Waals surface area contributed by atoms with E-state index in [0.717, 1.165) is 22.5 Å². The fourth-order valence-corrected chi connectivity index (χ4v) is 4.48. The maximum atomic E-state index is 14.6. The van der Waals surface area contributed by atoms with Gasteiger partial charge in [-0.2, -0.15) is 14.8 Å². The number of hydrogen-bond donors (Lipinski definition) is 1. The summed E-state index contributed by atoms with van der Waals surface area (Å²) >= 11 is 1.66. The molecular weight excluding hydrogens is 447 g/mol. The molecule has 4 rings (SSSR count). The lowest BCUT2D eigenvalue weighted by Crippen LogP contribution is -2.38. The first-order chi connectivity index (χ1) is 16.0. The lowest BCUT2D eigenvalue weighted by Gasteiger charge is -2.27. The quantitative estimate of drug-likeness (QED) is 0.349. The predicted octanol–water partition coefficient (Wildman–Crippen LogP) is 1.56. The van der Waals surface area contributed by atoms with Crippen molar-refractivity contribution >= 4 is 29.9 Å². The number of nitrogens with one attached hydrogen (secondary N) is 1. The van der Waals surface area contributed by atoms with Gasteiger partial charge in [0.25, 0.3) is 0 Å². The highest BCUT2D eigenvalue weighted by atomic mass is 32.1. The van der Waals surface area contributed by atoms with Crippen molar-refractivity contribution in [3.63, 3.8) is 0 Å². The van der Waals surface area contributed by atoms with Crippen LogP contribution in [0, 0.1) is 26.6 Å². The highest BCUT2D eigenvalue weighted by molar-refractivity contribution is 7.11. The van der Waals surface area contributed by atoms with Crippen molar-refractivity contribution in [2.45, 2.75) is 33.2 Å². The Bertz CT molecular complexity index is 1150. The minimum Gasteiger partial charge on any atom is -0.357 e. The molecule has 1 N–H and O–H groups in total. The van der Waals surface area contributed by atoms with Gasteiger partial charge in [-0.1, -0.05) is 0 Å². The Morgan fingerprint density at radius 3 is 2.79 bits per heavy atom. The van der Waals surface area contributed by atoms with E-state index < -0.39 is 5.82 Å². The van der Waals surface area contributed by atoms with Crippen LogP contribution in [-0.4, -0.2) is 73.5 Å². The van der Waals surface area contributed by atoms with Gasteiger partial charge in [-0.3, -0.25) is 9.80 Å². The van der Waals surface area contributed by atoms with E-state index in [2.05, 4.69) is 35.5 Å². The molecule has 0 aromatic carbocycles. The number of hydrazone groups is 1. The second kappa shape index (κ2) is 9.98. The van der Waals surface area contributed by atoms with Gasteiger partial charge in [0.05, 0.1) is 12.7 Å². The van der Waals surface area contributed by atoms with Crippen LogP contribution in [-0.2, 0) is 4.79 Å². The minimum absolute atomic E-state index is 0.0294. The molecule has 174 valence electrons. The molecule has 0 aliphatic carbocycles. The van der Waals surface area contributed by atoms with Crippen LogP contribution in [0.2, 0.25) is 0 Å². The molecule has 4 heterocycles. The number of halogens is 1. The van der Waals surface area contributed by atoms with Gasteiger partial charge in [0, 0.05) is 43.3 Å². The average molecular weight is 473 g/mol. The summed E-state index contributed by atoms with van der Waals surface area (Å²) in [7, 11) is 0. The number of carbonyl (C=O) groups excluding carboxylic acids is 1. The summed E-state index contributed by atoms with van der Waals surface area (Å²) in [4.78, 5) is 31.2. The van der Waals surface area contributed by atoms with Gasteiger partial charge >= 0.3 is 0 Å². The SMILES string of the molecule is Cc1nc(C)n(-c2nc(N(CCNC=O)CCN3N=CC[C@@H]3c3ncc(C)s3)ncc2F)n1. The van der Waals surface area contributed by atoms with Crippen LogP contribution in [0.25, 0.3) is 5.82 Å². The van der Waals surface area contributed by atoms with Gasteiger partial charge in [0.2, 0.25) is 12.4 Å². The molecule has 33 heavy (non-hydrogen) atoms. The van der Waals surface area contributed by atoms with Crippen LogP contribution < -0.4 is 10.2 Å². The number of anilines is 1. The average Bonchev–Trinajstić information content (AvgIpc) is 3.51. The van der Waals surface area contributed by atoms with E-state index in [9.17, 15) is 9.18 Å². The van der Waals surface area contributed by atoms with Crippen molar-refractivity contribution in [3.05, 3.63) is 39.7 Å². The third kappa shape index (κ3) is 5.13. The predicted molar refractivity (Wildman–Crippen MR) is 122 cm³/mol. The second-order valence-corrected chi connectivity index (χ2v) is 8.81. The first-order valence-corrected chi connectivity index (χ1v) is 11.3. The van der Waals surface area contributed by atoms with E-state index in [4.69, 9.17) is 0 Å². The van der Waals surface area contributed by atoms with Gasteiger partial charge in [-0.05, 0) is 20.8 Å². The molecule has 11 nitrogen and oxygen atoms in total. The molecule has 0 bridgehead atoms. The Morgan fingerprint density at radius 1 is 1.24 bits per heavy atom. The normalized spacial score (nSPS) is 15.3. The number of carbonyl (C=O) groups is 1. The molecule has 0 saturated heterocycles. The number of nitrogens with zero attached hydrogens (tertiary/aromatic N) is 9. The van der Waals surface area contributed by atoms with Crippen LogP contribution in [0.15, 0.2) is 17.5 Å². The van der Waals surface area contributed by atoms with E-state index in [1.54, 1.807) is 25.2 Å². The van der Waals surface area contributed by atoms with Gasteiger partial charge in [0.1, 0.15) is 22.7 Å². The van der Waals surface area contributed by atoms with Gasteiger partial charge < -0.3 is 10.2 Å². The lowest BCUT2D eigenvalue weighted by molar-refractivity contribution is -0.109. The second-order valence-electron chi connectivity index (χ2n) is 7.54. The minimum atomic E-state index is -0.596. The Balaban J connectivity index is 1.55. The zero-order chi connectivity index (χ0) is 23.4. The summed E-state index contributed by atoms with van der Waals surface area (Å²) in [5, 5.41) is 14.4. The van der Waals surface area contributed by atoms with Crippen LogP contribution in [0.4, 0.5) is 10.3 Å².